The normalized spacial score (nSPS) is 13.9. The van der Waals surface area contributed by atoms with Crippen molar-refractivity contribution >= 4 is 11.7 Å². The molecule has 0 N–H and O–H groups in total. The summed E-state index contributed by atoms with van der Waals surface area (Å²) in [7, 11) is 0. The molecular weight excluding hydrogens is 376 g/mol. The number of ether oxygens (including phenoxy) is 1. The highest BCUT2D eigenvalue weighted by Gasteiger charge is 2.23. The van der Waals surface area contributed by atoms with E-state index in [2.05, 4.69) is 46.3 Å². The Morgan fingerprint density at radius 2 is 1.60 bits per heavy atom. The number of nitrogens with zero attached hydrogens (tertiary/aromatic N) is 4. The van der Waals surface area contributed by atoms with E-state index in [1.54, 1.807) is 0 Å². The van der Waals surface area contributed by atoms with Gasteiger partial charge in [0.2, 0.25) is 0 Å². The van der Waals surface area contributed by atoms with E-state index in [0.717, 1.165) is 35.9 Å². The molecule has 3 aromatic rings. The third-order valence-corrected chi connectivity index (χ3v) is 5.30. The van der Waals surface area contributed by atoms with E-state index in [4.69, 9.17) is 4.74 Å². The average Bonchev–Trinajstić information content (AvgIpc) is 2.80. The number of piperazine rings is 1. The van der Waals surface area contributed by atoms with E-state index in [1.165, 1.54) is 5.56 Å². The second-order valence-electron chi connectivity index (χ2n) is 7.38. The second kappa shape index (κ2) is 8.95. The number of hydrogen-bond donors (Lipinski definition) is 0. The highest BCUT2D eigenvalue weighted by molar-refractivity contribution is 5.94. The van der Waals surface area contributed by atoms with Gasteiger partial charge in [-0.3, -0.25) is 4.79 Å². The molecule has 2 heterocycles. The Balaban J connectivity index is 1.36. The van der Waals surface area contributed by atoms with Gasteiger partial charge in [-0.2, -0.15) is 0 Å². The molecule has 0 radical (unpaired) electrons. The Morgan fingerprint density at radius 3 is 2.20 bits per heavy atom. The summed E-state index contributed by atoms with van der Waals surface area (Å²) in [6, 6.07) is 19.6. The summed E-state index contributed by atoms with van der Waals surface area (Å²) in [5.74, 6) is 1.68. The van der Waals surface area contributed by atoms with Crippen molar-refractivity contribution in [3.63, 3.8) is 0 Å². The van der Waals surface area contributed by atoms with Gasteiger partial charge in [0.25, 0.3) is 5.91 Å². The number of hydrogen-bond acceptors (Lipinski definition) is 5. The van der Waals surface area contributed by atoms with Crippen molar-refractivity contribution in [3.05, 3.63) is 71.8 Å². The third-order valence-electron chi connectivity index (χ3n) is 5.30. The van der Waals surface area contributed by atoms with Gasteiger partial charge in [0.15, 0.2) is 5.82 Å². The van der Waals surface area contributed by atoms with Crippen LogP contribution in [0.1, 0.15) is 22.8 Å². The van der Waals surface area contributed by atoms with Crippen molar-refractivity contribution in [1.82, 2.24) is 15.1 Å². The first kappa shape index (κ1) is 19.9. The van der Waals surface area contributed by atoms with Crippen LogP contribution in [0.15, 0.2) is 60.7 Å². The number of carbonyl (C=O) groups excluding carboxylic acids is 1. The number of amides is 1. The fourth-order valence-corrected chi connectivity index (χ4v) is 3.55. The fourth-order valence-electron chi connectivity index (χ4n) is 3.55. The molecule has 1 fully saturated rings. The number of aromatic nitrogens is 2. The summed E-state index contributed by atoms with van der Waals surface area (Å²) < 4.78 is 5.45. The lowest BCUT2D eigenvalue weighted by atomic mass is 10.1. The second-order valence-corrected chi connectivity index (χ2v) is 7.38. The van der Waals surface area contributed by atoms with Crippen LogP contribution in [0.4, 0.5) is 5.82 Å². The van der Waals surface area contributed by atoms with Crippen LogP contribution in [0.25, 0.3) is 11.3 Å². The Labute approximate surface area is 177 Å². The molecule has 0 unspecified atom stereocenters. The number of benzene rings is 2. The Morgan fingerprint density at radius 1 is 0.900 bits per heavy atom. The maximum absolute atomic E-state index is 12.8. The van der Waals surface area contributed by atoms with Crippen molar-refractivity contribution < 1.29 is 9.53 Å². The van der Waals surface area contributed by atoms with Crippen LogP contribution in [0.2, 0.25) is 0 Å². The zero-order valence-corrected chi connectivity index (χ0v) is 17.4. The van der Waals surface area contributed by atoms with Gasteiger partial charge in [-0.1, -0.05) is 29.8 Å². The summed E-state index contributed by atoms with van der Waals surface area (Å²) in [4.78, 5) is 16.8. The first-order valence-electron chi connectivity index (χ1n) is 10.3. The molecule has 0 bridgehead atoms. The minimum Gasteiger partial charge on any atom is -0.494 e. The lowest BCUT2D eigenvalue weighted by molar-refractivity contribution is 0.0746. The summed E-state index contributed by atoms with van der Waals surface area (Å²) in [5.41, 5.74) is 3.84. The fraction of sp³-hybridized carbons (Fsp3) is 0.292. The zero-order valence-electron chi connectivity index (χ0n) is 17.4. The molecule has 4 rings (SSSR count). The molecule has 1 aliphatic rings. The van der Waals surface area contributed by atoms with Crippen molar-refractivity contribution in [2.75, 3.05) is 37.7 Å². The largest absolute Gasteiger partial charge is 0.494 e. The molecule has 1 amide bonds. The summed E-state index contributed by atoms with van der Waals surface area (Å²) in [6.45, 7) is 7.42. The van der Waals surface area contributed by atoms with Gasteiger partial charge in [-0.25, -0.2) is 0 Å². The monoisotopic (exact) mass is 402 g/mol. The van der Waals surface area contributed by atoms with Gasteiger partial charge in [0, 0.05) is 37.3 Å². The first-order valence-corrected chi connectivity index (χ1v) is 10.3. The van der Waals surface area contributed by atoms with Crippen LogP contribution >= 0.6 is 0 Å². The standard InChI is InChI=1S/C24H26N4O2/c1-3-30-21-10-8-20(9-11-21)24(29)28-16-14-27(15-17-28)23-13-12-22(25-26-23)19-6-4-18(2)5-7-19/h4-13H,3,14-17H2,1-2H3. The number of carbonyl (C=O) groups is 1. The van der Waals surface area contributed by atoms with E-state index in [0.29, 0.717) is 25.3 Å². The van der Waals surface area contributed by atoms with E-state index < -0.39 is 0 Å². The molecule has 1 saturated heterocycles. The van der Waals surface area contributed by atoms with Gasteiger partial charge in [-0.05, 0) is 50.2 Å². The average molecular weight is 402 g/mol. The number of rotatable bonds is 5. The molecule has 0 spiro atoms. The highest BCUT2D eigenvalue weighted by atomic mass is 16.5. The molecule has 154 valence electrons. The predicted octanol–water partition coefficient (Wildman–Crippen LogP) is 3.81. The lowest BCUT2D eigenvalue weighted by Gasteiger charge is -2.35. The molecule has 1 aromatic heterocycles. The van der Waals surface area contributed by atoms with Crippen molar-refractivity contribution in [3.8, 4) is 17.0 Å². The van der Waals surface area contributed by atoms with Gasteiger partial charge in [-0.15, -0.1) is 10.2 Å². The van der Waals surface area contributed by atoms with Crippen molar-refractivity contribution in [1.29, 1.82) is 0 Å². The SMILES string of the molecule is CCOc1ccc(C(=O)N2CCN(c3ccc(-c4ccc(C)cc4)nn3)CC2)cc1. The van der Waals surface area contributed by atoms with Crippen molar-refractivity contribution in [2.24, 2.45) is 0 Å². The van der Waals surface area contributed by atoms with Crippen LogP contribution < -0.4 is 9.64 Å². The van der Waals surface area contributed by atoms with E-state index >= 15 is 0 Å². The van der Waals surface area contributed by atoms with Gasteiger partial charge in [0.05, 0.1) is 12.3 Å². The maximum atomic E-state index is 12.8. The molecule has 30 heavy (non-hydrogen) atoms. The molecule has 6 heteroatoms. The number of aryl methyl sites for hydroxylation is 1. The van der Waals surface area contributed by atoms with Crippen LogP contribution in [0, 0.1) is 6.92 Å². The van der Waals surface area contributed by atoms with E-state index in [9.17, 15) is 4.79 Å². The van der Waals surface area contributed by atoms with E-state index in [-0.39, 0.29) is 5.91 Å². The summed E-state index contributed by atoms with van der Waals surface area (Å²) in [6.07, 6.45) is 0. The minimum absolute atomic E-state index is 0.0542. The molecule has 0 aliphatic carbocycles. The zero-order chi connectivity index (χ0) is 20.9. The minimum atomic E-state index is 0.0542. The molecule has 0 atom stereocenters. The van der Waals surface area contributed by atoms with Gasteiger partial charge in [0.1, 0.15) is 5.75 Å². The quantitative estimate of drug-likeness (QED) is 0.649. The molecule has 6 nitrogen and oxygen atoms in total. The lowest BCUT2D eigenvalue weighted by Crippen LogP contribution is -2.49. The van der Waals surface area contributed by atoms with Crippen molar-refractivity contribution in [2.45, 2.75) is 13.8 Å². The molecule has 0 saturated carbocycles. The Bertz CT molecular complexity index is 977. The highest BCUT2D eigenvalue weighted by Crippen LogP contribution is 2.20. The van der Waals surface area contributed by atoms with Crippen LogP contribution in [-0.2, 0) is 0 Å². The maximum Gasteiger partial charge on any atom is 0.253 e. The molecule has 1 aliphatic heterocycles. The van der Waals surface area contributed by atoms with Crippen LogP contribution in [0.5, 0.6) is 5.75 Å². The molecular formula is C24H26N4O2. The topological polar surface area (TPSA) is 58.6 Å². The molecule has 2 aromatic carbocycles. The van der Waals surface area contributed by atoms with E-state index in [1.807, 2.05) is 48.2 Å². The Hall–Kier alpha value is -3.41. The number of anilines is 1. The summed E-state index contributed by atoms with van der Waals surface area (Å²) in [5, 5.41) is 8.81. The van der Waals surface area contributed by atoms with Crippen LogP contribution in [-0.4, -0.2) is 53.8 Å². The summed E-state index contributed by atoms with van der Waals surface area (Å²) >= 11 is 0. The van der Waals surface area contributed by atoms with Crippen LogP contribution in [0.3, 0.4) is 0 Å². The first-order chi connectivity index (χ1) is 14.6. The third kappa shape index (κ3) is 4.43. The van der Waals surface area contributed by atoms with Gasteiger partial charge >= 0.3 is 0 Å². The smallest absolute Gasteiger partial charge is 0.253 e. The predicted molar refractivity (Wildman–Crippen MR) is 118 cm³/mol. The van der Waals surface area contributed by atoms with Gasteiger partial charge < -0.3 is 14.5 Å². The Kier molecular flexibility index (Phi) is 5.93.